The van der Waals surface area contributed by atoms with E-state index < -0.39 is 15.6 Å². The molecule has 142 valence electrons. The number of carbonyl (C=O) groups excluding carboxylic acids is 1. The van der Waals surface area contributed by atoms with Crippen LogP contribution in [0.15, 0.2) is 47.5 Å². The number of para-hydroxylation sites is 1. The largest absolute Gasteiger partial charge is 0.483 e. The molecule has 1 aromatic carbocycles. The number of aryl methyl sites for hydroxylation is 1. The van der Waals surface area contributed by atoms with Crippen molar-refractivity contribution in [2.75, 3.05) is 26.7 Å². The second kappa shape index (κ2) is 6.31. The summed E-state index contributed by atoms with van der Waals surface area (Å²) in [5.74, 6) is 0.170. The molecule has 0 bridgehead atoms. The number of fused-ring (bicyclic) bond motifs is 1. The van der Waals surface area contributed by atoms with Gasteiger partial charge in [-0.3, -0.25) is 9.78 Å². The minimum absolute atomic E-state index is 0.161. The third-order valence-corrected chi connectivity index (χ3v) is 6.95. The highest BCUT2D eigenvalue weighted by Gasteiger charge is 2.47. The number of nitrogens with zero attached hydrogens (tertiary/aromatic N) is 3. The number of ether oxygens (including phenoxy) is 1. The third kappa shape index (κ3) is 3.08. The van der Waals surface area contributed by atoms with Gasteiger partial charge >= 0.3 is 0 Å². The maximum absolute atomic E-state index is 12.8. The highest BCUT2D eigenvalue weighted by atomic mass is 32.2. The Labute approximate surface area is 158 Å². The Kier molecular flexibility index (Phi) is 4.20. The van der Waals surface area contributed by atoms with Crippen LogP contribution in [-0.4, -0.2) is 60.8 Å². The van der Waals surface area contributed by atoms with Crippen LogP contribution in [0.2, 0.25) is 0 Å². The molecule has 2 aromatic rings. The maximum atomic E-state index is 12.8. The summed E-state index contributed by atoms with van der Waals surface area (Å²) in [6, 6.07) is 10.2. The van der Waals surface area contributed by atoms with E-state index in [0.29, 0.717) is 31.0 Å². The maximum Gasteiger partial charge on any atom is 0.272 e. The van der Waals surface area contributed by atoms with Gasteiger partial charge in [0.2, 0.25) is 10.0 Å². The quantitative estimate of drug-likeness (QED) is 0.744. The first kappa shape index (κ1) is 17.9. The zero-order valence-corrected chi connectivity index (χ0v) is 16.1. The van der Waals surface area contributed by atoms with Crippen LogP contribution >= 0.6 is 0 Å². The molecule has 27 heavy (non-hydrogen) atoms. The first-order valence-corrected chi connectivity index (χ1v) is 10.2. The van der Waals surface area contributed by atoms with Crippen molar-refractivity contribution in [1.29, 1.82) is 0 Å². The summed E-state index contributed by atoms with van der Waals surface area (Å²) in [5.41, 5.74) is 0.599. The fourth-order valence-electron chi connectivity index (χ4n) is 3.66. The minimum atomic E-state index is -3.62. The molecule has 7 nitrogen and oxygen atoms in total. The van der Waals surface area contributed by atoms with Gasteiger partial charge in [0.15, 0.2) is 0 Å². The molecule has 2 aliphatic rings. The molecule has 0 aliphatic carbocycles. The van der Waals surface area contributed by atoms with Crippen molar-refractivity contribution in [1.82, 2.24) is 14.2 Å². The molecule has 8 heteroatoms. The normalized spacial score (nSPS) is 24.3. The summed E-state index contributed by atoms with van der Waals surface area (Å²) in [6.07, 6.45) is 2.22. The summed E-state index contributed by atoms with van der Waals surface area (Å²) in [5, 5.41) is 0. The predicted molar refractivity (Wildman–Crippen MR) is 99.1 cm³/mol. The summed E-state index contributed by atoms with van der Waals surface area (Å²) in [6.45, 7) is 2.91. The topological polar surface area (TPSA) is 79.8 Å². The van der Waals surface area contributed by atoms with Gasteiger partial charge in [-0.25, -0.2) is 8.42 Å². The Balaban J connectivity index is 1.63. The standard InChI is InChI=1S/C19H21N3O4S/c1-14-7-8-15(20-11-14)18(23)22-10-9-19(13-22)12-21(2)27(24,25)17-6-4-3-5-16(17)26-19/h3-8,11H,9-10,12-13H2,1-2H3/t19-/m1/s1. The lowest BCUT2D eigenvalue weighted by Gasteiger charge is -2.30. The molecule has 1 spiro atoms. The van der Waals surface area contributed by atoms with E-state index in [-0.39, 0.29) is 17.3 Å². The number of likely N-dealkylation sites (tertiary alicyclic amines) is 1. The second-order valence-corrected chi connectivity index (χ2v) is 9.20. The van der Waals surface area contributed by atoms with Crippen molar-refractivity contribution in [2.24, 2.45) is 0 Å². The Morgan fingerprint density at radius 1 is 1.19 bits per heavy atom. The van der Waals surface area contributed by atoms with Gasteiger partial charge in [-0.05, 0) is 30.7 Å². The van der Waals surface area contributed by atoms with Crippen LogP contribution in [0.3, 0.4) is 0 Å². The molecular formula is C19H21N3O4S. The van der Waals surface area contributed by atoms with Crippen molar-refractivity contribution < 1.29 is 17.9 Å². The summed E-state index contributed by atoms with van der Waals surface area (Å²) in [7, 11) is -2.07. The van der Waals surface area contributed by atoms with Gasteiger partial charge in [-0.15, -0.1) is 0 Å². The van der Waals surface area contributed by atoms with Gasteiger partial charge in [-0.2, -0.15) is 4.31 Å². The van der Waals surface area contributed by atoms with E-state index in [9.17, 15) is 13.2 Å². The number of carbonyl (C=O) groups is 1. The molecule has 1 amide bonds. The Morgan fingerprint density at radius 2 is 1.96 bits per heavy atom. The number of rotatable bonds is 1. The molecule has 1 atom stereocenters. The van der Waals surface area contributed by atoms with Gasteiger partial charge < -0.3 is 9.64 Å². The van der Waals surface area contributed by atoms with E-state index in [1.165, 1.54) is 4.31 Å². The van der Waals surface area contributed by atoms with Crippen LogP contribution in [0.1, 0.15) is 22.5 Å². The average Bonchev–Trinajstić information content (AvgIpc) is 3.02. The van der Waals surface area contributed by atoms with Crippen LogP contribution in [-0.2, 0) is 10.0 Å². The lowest BCUT2D eigenvalue weighted by molar-refractivity contribution is 0.0541. The van der Waals surface area contributed by atoms with Crippen LogP contribution in [0.5, 0.6) is 5.75 Å². The zero-order chi connectivity index (χ0) is 19.2. The number of hydrogen-bond donors (Lipinski definition) is 0. The molecule has 0 unspecified atom stereocenters. The molecule has 2 aliphatic heterocycles. The highest BCUT2D eigenvalue weighted by molar-refractivity contribution is 7.89. The van der Waals surface area contributed by atoms with Gasteiger partial charge in [0.1, 0.15) is 21.9 Å². The number of hydrogen-bond acceptors (Lipinski definition) is 5. The van der Waals surface area contributed by atoms with Crippen LogP contribution < -0.4 is 4.74 Å². The van der Waals surface area contributed by atoms with E-state index in [1.807, 2.05) is 13.0 Å². The summed E-state index contributed by atoms with van der Waals surface area (Å²) in [4.78, 5) is 18.9. The van der Waals surface area contributed by atoms with E-state index in [2.05, 4.69) is 4.98 Å². The van der Waals surface area contributed by atoms with Crippen molar-refractivity contribution in [3.63, 3.8) is 0 Å². The highest BCUT2D eigenvalue weighted by Crippen LogP contribution is 2.37. The van der Waals surface area contributed by atoms with Crippen molar-refractivity contribution in [3.05, 3.63) is 53.9 Å². The third-order valence-electron chi connectivity index (χ3n) is 5.11. The first-order valence-electron chi connectivity index (χ1n) is 8.77. The molecule has 0 saturated carbocycles. The lowest BCUT2D eigenvalue weighted by Crippen LogP contribution is -2.48. The van der Waals surface area contributed by atoms with Gasteiger partial charge in [0.05, 0.1) is 13.1 Å². The second-order valence-electron chi connectivity index (χ2n) is 7.19. The minimum Gasteiger partial charge on any atom is -0.483 e. The van der Waals surface area contributed by atoms with E-state index in [0.717, 1.165) is 5.56 Å². The number of amides is 1. The fraction of sp³-hybridized carbons (Fsp3) is 0.368. The van der Waals surface area contributed by atoms with Crippen LogP contribution in [0.4, 0.5) is 0 Å². The van der Waals surface area contributed by atoms with E-state index in [4.69, 9.17) is 4.74 Å². The van der Waals surface area contributed by atoms with Gasteiger partial charge in [0, 0.05) is 26.2 Å². The summed E-state index contributed by atoms with van der Waals surface area (Å²) >= 11 is 0. The Morgan fingerprint density at radius 3 is 2.70 bits per heavy atom. The number of pyridine rings is 1. The molecular weight excluding hydrogens is 366 g/mol. The van der Waals surface area contributed by atoms with Crippen LogP contribution in [0, 0.1) is 6.92 Å². The van der Waals surface area contributed by atoms with E-state index in [1.54, 1.807) is 48.5 Å². The van der Waals surface area contributed by atoms with Gasteiger partial charge in [-0.1, -0.05) is 18.2 Å². The molecule has 0 N–H and O–H groups in total. The zero-order valence-electron chi connectivity index (χ0n) is 15.3. The summed E-state index contributed by atoms with van der Waals surface area (Å²) < 4.78 is 33.1. The number of benzene rings is 1. The molecule has 0 radical (unpaired) electrons. The molecule has 1 fully saturated rings. The average molecular weight is 387 g/mol. The first-order chi connectivity index (χ1) is 12.8. The molecule has 1 saturated heterocycles. The SMILES string of the molecule is Cc1ccc(C(=O)N2CC[C@]3(C2)CN(C)S(=O)(=O)c2ccccc2O3)nc1. The molecule has 4 rings (SSSR count). The molecule has 1 aromatic heterocycles. The van der Waals surface area contributed by atoms with Crippen molar-refractivity contribution >= 4 is 15.9 Å². The Hall–Kier alpha value is -2.45. The van der Waals surface area contributed by atoms with Crippen LogP contribution in [0.25, 0.3) is 0 Å². The predicted octanol–water partition coefficient (Wildman–Crippen LogP) is 1.69. The smallest absolute Gasteiger partial charge is 0.272 e. The number of aromatic nitrogens is 1. The van der Waals surface area contributed by atoms with Crippen molar-refractivity contribution in [3.8, 4) is 5.75 Å². The monoisotopic (exact) mass is 387 g/mol. The van der Waals surface area contributed by atoms with E-state index >= 15 is 0 Å². The lowest BCUT2D eigenvalue weighted by atomic mass is 10.0. The number of sulfonamides is 1. The number of likely N-dealkylation sites (N-methyl/N-ethyl adjacent to an activating group) is 1. The van der Waals surface area contributed by atoms with Crippen molar-refractivity contribution in [2.45, 2.75) is 23.8 Å². The fourth-order valence-corrected chi connectivity index (χ4v) is 5.01. The molecule has 3 heterocycles. The Bertz CT molecular complexity index is 990. The van der Waals surface area contributed by atoms with Gasteiger partial charge in [0.25, 0.3) is 5.91 Å².